The number of hydrogen-bond donors (Lipinski definition) is 1. The Hall–Kier alpha value is -1.56. The van der Waals surface area contributed by atoms with Crippen molar-refractivity contribution in [1.29, 1.82) is 0 Å². The largest absolute Gasteiger partial charge is 0.350 e. The van der Waals surface area contributed by atoms with Crippen molar-refractivity contribution >= 4 is 21.6 Å². The van der Waals surface area contributed by atoms with Gasteiger partial charge in [0.05, 0.1) is 11.4 Å². The number of anilines is 1. The molecule has 0 aromatic heterocycles. The average Bonchev–Trinajstić information content (AvgIpc) is 2.53. The molecule has 1 aliphatic rings. The molecule has 0 spiro atoms. The Morgan fingerprint density at radius 3 is 2.74 bits per heavy atom. The van der Waals surface area contributed by atoms with Gasteiger partial charge in [0.25, 0.3) is 5.91 Å². The van der Waals surface area contributed by atoms with E-state index in [1.54, 1.807) is 19.1 Å². The summed E-state index contributed by atoms with van der Waals surface area (Å²) in [5, 5.41) is 2.99. The first-order chi connectivity index (χ1) is 10.9. The fourth-order valence-corrected chi connectivity index (χ4v) is 4.16. The van der Waals surface area contributed by atoms with Crippen LogP contribution in [0.5, 0.6) is 0 Å². The molecule has 0 unspecified atom stereocenters. The third-order valence-corrected chi connectivity index (χ3v) is 6.00. The van der Waals surface area contributed by atoms with E-state index < -0.39 is 10.0 Å². The zero-order valence-electron chi connectivity index (χ0n) is 14.1. The van der Waals surface area contributed by atoms with Gasteiger partial charge >= 0.3 is 0 Å². The van der Waals surface area contributed by atoms with E-state index in [2.05, 4.69) is 12.2 Å². The first-order valence-electron chi connectivity index (χ1n) is 8.33. The summed E-state index contributed by atoms with van der Waals surface area (Å²) in [4.78, 5) is 12.3. The number of nitrogens with one attached hydrogen (secondary N) is 1. The van der Waals surface area contributed by atoms with E-state index in [1.165, 1.54) is 4.31 Å². The van der Waals surface area contributed by atoms with Crippen molar-refractivity contribution in [3.8, 4) is 0 Å². The number of carbonyl (C=O) groups is 1. The molecule has 0 radical (unpaired) electrons. The number of hydrogen-bond acceptors (Lipinski definition) is 3. The van der Waals surface area contributed by atoms with Crippen LogP contribution in [-0.2, 0) is 16.4 Å². The summed E-state index contributed by atoms with van der Waals surface area (Å²) in [5.74, 6) is -0.00679. The Morgan fingerprint density at radius 1 is 1.35 bits per heavy atom. The van der Waals surface area contributed by atoms with Gasteiger partial charge in [-0.2, -0.15) is 0 Å². The molecule has 1 aromatic rings. The molecule has 23 heavy (non-hydrogen) atoms. The molecule has 128 valence electrons. The minimum atomic E-state index is -3.26. The molecule has 0 bridgehead atoms. The van der Waals surface area contributed by atoms with Gasteiger partial charge in [0, 0.05) is 18.2 Å². The zero-order valence-corrected chi connectivity index (χ0v) is 14.9. The molecule has 5 nitrogen and oxygen atoms in total. The van der Waals surface area contributed by atoms with Gasteiger partial charge in [0.15, 0.2) is 0 Å². The summed E-state index contributed by atoms with van der Waals surface area (Å²) in [6.45, 7) is 6.25. The van der Waals surface area contributed by atoms with Crippen LogP contribution in [0.1, 0.15) is 56.0 Å². The van der Waals surface area contributed by atoms with Crippen LogP contribution in [0.4, 0.5) is 5.69 Å². The van der Waals surface area contributed by atoms with Crippen molar-refractivity contribution in [2.75, 3.05) is 16.6 Å². The highest BCUT2D eigenvalue weighted by Crippen LogP contribution is 2.30. The molecule has 0 aliphatic carbocycles. The molecule has 1 N–H and O–H groups in total. The Balaban J connectivity index is 2.24. The Kier molecular flexibility index (Phi) is 5.68. The lowest BCUT2D eigenvalue weighted by Gasteiger charge is -2.30. The predicted octanol–water partition coefficient (Wildman–Crippen LogP) is 2.71. The Labute approximate surface area is 139 Å². The smallest absolute Gasteiger partial charge is 0.251 e. The molecule has 1 aromatic carbocycles. The molecular weight excluding hydrogens is 312 g/mol. The van der Waals surface area contributed by atoms with Gasteiger partial charge in [0.1, 0.15) is 0 Å². The summed E-state index contributed by atoms with van der Waals surface area (Å²) >= 11 is 0. The fraction of sp³-hybridized carbons (Fsp3) is 0.588. The highest BCUT2D eigenvalue weighted by Gasteiger charge is 2.26. The van der Waals surface area contributed by atoms with Crippen molar-refractivity contribution in [3.63, 3.8) is 0 Å². The van der Waals surface area contributed by atoms with Gasteiger partial charge in [0.2, 0.25) is 10.0 Å². The summed E-state index contributed by atoms with van der Waals surface area (Å²) in [7, 11) is -3.26. The quantitative estimate of drug-likeness (QED) is 0.867. The fourth-order valence-electron chi connectivity index (χ4n) is 2.96. The third kappa shape index (κ3) is 4.05. The molecule has 6 heteroatoms. The number of carbonyl (C=O) groups excluding carboxylic acids is 1. The standard InChI is InChI=1S/C17H26N2O3S/c1-4-7-13(3)18-17(20)15-9-10-16-14(12-15)8-6-11-19(16)23(21,22)5-2/h9-10,12-13H,4-8,11H2,1-3H3,(H,18,20)/t13-/m0/s1. The monoisotopic (exact) mass is 338 g/mol. The van der Waals surface area contributed by atoms with E-state index in [-0.39, 0.29) is 17.7 Å². The molecule has 0 saturated carbocycles. The minimum Gasteiger partial charge on any atom is -0.350 e. The molecule has 2 rings (SSSR count). The second-order valence-corrected chi connectivity index (χ2v) is 8.26. The topological polar surface area (TPSA) is 66.5 Å². The van der Waals surface area contributed by atoms with Crippen LogP contribution in [0.25, 0.3) is 0 Å². The maximum absolute atomic E-state index is 12.3. The van der Waals surface area contributed by atoms with Crippen LogP contribution >= 0.6 is 0 Å². The van der Waals surface area contributed by atoms with Gasteiger partial charge in [-0.25, -0.2) is 8.42 Å². The van der Waals surface area contributed by atoms with Crippen molar-refractivity contribution in [1.82, 2.24) is 5.32 Å². The highest BCUT2D eigenvalue weighted by atomic mass is 32.2. The second-order valence-electron chi connectivity index (χ2n) is 6.08. The number of amides is 1. The molecular formula is C17H26N2O3S. The molecule has 1 heterocycles. The molecule has 0 saturated heterocycles. The molecule has 1 atom stereocenters. The van der Waals surface area contributed by atoms with Crippen LogP contribution < -0.4 is 9.62 Å². The lowest BCUT2D eigenvalue weighted by molar-refractivity contribution is 0.0938. The SMILES string of the molecule is CCC[C@H](C)NC(=O)c1ccc2c(c1)CCCN2S(=O)(=O)CC. The van der Waals surface area contributed by atoms with E-state index in [9.17, 15) is 13.2 Å². The summed E-state index contributed by atoms with van der Waals surface area (Å²) in [6, 6.07) is 5.46. The van der Waals surface area contributed by atoms with Crippen molar-refractivity contribution in [2.45, 2.75) is 52.5 Å². The average molecular weight is 338 g/mol. The van der Waals surface area contributed by atoms with Crippen LogP contribution in [0.2, 0.25) is 0 Å². The number of aryl methyl sites for hydroxylation is 1. The van der Waals surface area contributed by atoms with E-state index in [1.807, 2.05) is 13.0 Å². The van der Waals surface area contributed by atoms with Crippen LogP contribution in [-0.4, -0.2) is 32.7 Å². The van der Waals surface area contributed by atoms with Gasteiger partial charge in [-0.05, 0) is 56.9 Å². The van der Waals surface area contributed by atoms with E-state index >= 15 is 0 Å². The number of fused-ring (bicyclic) bond motifs is 1. The summed E-state index contributed by atoms with van der Waals surface area (Å²) in [6.07, 6.45) is 3.55. The van der Waals surface area contributed by atoms with Crippen molar-refractivity contribution in [2.24, 2.45) is 0 Å². The zero-order chi connectivity index (χ0) is 17.0. The molecule has 1 amide bonds. The van der Waals surface area contributed by atoms with Crippen molar-refractivity contribution < 1.29 is 13.2 Å². The first kappa shape index (κ1) is 17.8. The van der Waals surface area contributed by atoms with E-state index in [0.29, 0.717) is 12.1 Å². The van der Waals surface area contributed by atoms with E-state index in [0.717, 1.165) is 36.9 Å². The maximum atomic E-state index is 12.3. The normalized spacial score (nSPS) is 15.9. The molecule has 1 aliphatic heterocycles. The van der Waals surface area contributed by atoms with Gasteiger partial charge in [-0.15, -0.1) is 0 Å². The summed E-state index contributed by atoms with van der Waals surface area (Å²) < 4.78 is 25.9. The maximum Gasteiger partial charge on any atom is 0.251 e. The van der Waals surface area contributed by atoms with Gasteiger partial charge in [-0.3, -0.25) is 9.10 Å². The Morgan fingerprint density at radius 2 is 2.09 bits per heavy atom. The number of rotatable bonds is 6. The second kappa shape index (κ2) is 7.34. The van der Waals surface area contributed by atoms with Gasteiger partial charge in [-0.1, -0.05) is 13.3 Å². The Bertz CT molecular complexity index is 670. The molecule has 0 fully saturated rings. The summed E-state index contributed by atoms with van der Waals surface area (Å²) in [5.41, 5.74) is 2.25. The van der Waals surface area contributed by atoms with Crippen LogP contribution in [0.3, 0.4) is 0 Å². The number of nitrogens with zero attached hydrogens (tertiary/aromatic N) is 1. The lowest BCUT2D eigenvalue weighted by Crippen LogP contribution is -2.37. The van der Waals surface area contributed by atoms with Crippen molar-refractivity contribution in [3.05, 3.63) is 29.3 Å². The van der Waals surface area contributed by atoms with Crippen LogP contribution in [0.15, 0.2) is 18.2 Å². The van der Waals surface area contributed by atoms with Gasteiger partial charge < -0.3 is 5.32 Å². The third-order valence-electron chi connectivity index (χ3n) is 4.22. The number of benzene rings is 1. The minimum absolute atomic E-state index is 0.0865. The van der Waals surface area contributed by atoms with Crippen LogP contribution in [0, 0.1) is 0 Å². The first-order valence-corrected chi connectivity index (χ1v) is 9.94. The highest BCUT2D eigenvalue weighted by molar-refractivity contribution is 7.92. The lowest BCUT2D eigenvalue weighted by atomic mass is 10.0. The predicted molar refractivity (Wildman–Crippen MR) is 93.4 cm³/mol. The van der Waals surface area contributed by atoms with E-state index in [4.69, 9.17) is 0 Å². The number of sulfonamides is 1.